The van der Waals surface area contributed by atoms with Crippen molar-refractivity contribution in [2.45, 2.75) is 6.42 Å². The first-order valence-corrected chi connectivity index (χ1v) is 6.31. The minimum atomic E-state index is -0.284. The summed E-state index contributed by atoms with van der Waals surface area (Å²) in [5.41, 5.74) is 7.20. The summed E-state index contributed by atoms with van der Waals surface area (Å²) in [6, 6.07) is 3.07. The quantitative estimate of drug-likeness (QED) is 0.849. The van der Waals surface area contributed by atoms with Gasteiger partial charge in [0, 0.05) is 19.7 Å². The predicted molar refractivity (Wildman–Crippen MR) is 75.0 cm³/mol. The lowest BCUT2D eigenvalue weighted by molar-refractivity contribution is 0.401. The minimum absolute atomic E-state index is 0.284. The normalized spacial score (nSPS) is 10.9. The molecular weight excluding hydrogens is 285 g/mol. The smallest absolute Gasteiger partial charge is 0.139 e. The second-order valence-corrected chi connectivity index (χ2v) is 5.26. The van der Waals surface area contributed by atoms with E-state index in [0.717, 1.165) is 25.2 Å². The van der Waals surface area contributed by atoms with Crippen molar-refractivity contribution in [1.29, 1.82) is 0 Å². The average Bonchev–Trinajstić information content (AvgIpc) is 2.22. The van der Waals surface area contributed by atoms with E-state index in [9.17, 15) is 4.39 Å². The summed E-state index contributed by atoms with van der Waals surface area (Å²) >= 11 is 3.12. The Labute approximate surface area is 111 Å². The molecule has 0 saturated heterocycles. The number of rotatable bonds is 5. The van der Waals surface area contributed by atoms with Crippen LogP contribution in [-0.2, 0) is 0 Å². The summed E-state index contributed by atoms with van der Waals surface area (Å²) in [5.74, 6) is -0.284. The third-order valence-corrected chi connectivity index (χ3v) is 3.19. The van der Waals surface area contributed by atoms with E-state index in [1.165, 1.54) is 6.07 Å². The van der Waals surface area contributed by atoms with E-state index in [1.54, 1.807) is 6.07 Å². The molecule has 0 atom stereocenters. The summed E-state index contributed by atoms with van der Waals surface area (Å²) in [4.78, 5) is 4.10. The maximum absolute atomic E-state index is 13.4. The number of halogens is 2. The van der Waals surface area contributed by atoms with Gasteiger partial charge in [-0.1, -0.05) is 0 Å². The third kappa shape index (κ3) is 4.16. The van der Waals surface area contributed by atoms with E-state index in [-0.39, 0.29) is 5.82 Å². The molecule has 0 bridgehead atoms. The summed E-state index contributed by atoms with van der Waals surface area (Å²) in [5, 5.41) is 0. The number of anilines is 2. The molecular formula is C12H19BrFN3. The fraction of sp³-hybridized carbons (Fsp3) is 0.500. The Morgan fingerprint density at radius 1 is 1.24 bits per heavy atom. The Balaban J connectivity index is 2.68. The molecule has 0 saturated carbocycles. The van der Waals surface area contributed by atoms with E-state index in [4.69, 9.17) is 5.73 Å². The first kappa shape index (κ1) is 14.3. The lowest BCUT2D eigenvalue weighted by Crippen LogP contribution is -2.24. The van der Waals surface area contributed by atoms with Crippen molar-refractivity contribution in [2.75, 3.05) is 44.9 Å². The second-order valence-electron chi connectivity index (χ2n) is 4.40. The highest BCUT2D eigenvalue weighted by Gasteiger charge is 2.09. The van der Waals surface area contributed by atoms with Crippen LogP contribution < -0.4 is 10.6 Å². The summed E-state index contributed by atoms with van der Waals surface area (Å²) in [7, 11) is 6.00. The highest BCUT2D eigenvalue weighted by atomic mass is 79.9. The molecule has 1 aromatic carbocycles. The van der Waals surface area contributed by atoms with Gasteiger partial charge in [0.1, 0.15) is 5.82 Å². The Hall–Kier alpha value is -0.810. The molecule has 3 nitrogen and oxygen atoms in total. The predicted octanol–water partition coefficient (Wildman–Crippen LogP) is 2.56. The van der Waals surface area contributed by atoms with E-state index >= 15 is 0 Å². The Kier molecular flexibility index (Phi) is 5.21. The Morgan fingerprint density at radius 2 is 1.88 bits per heavy atom. The fourth-order valence-corrected chi connectivity index (χ4v) is 1.99. The van der Waals surface area contributed by atoms with Gasteiger partial charge < -0.3 is 15.5 Å². The van der Waals surface area contributed by atoms with Gasteiger partial charge in [-0.15, -0.1) is 0 Å². The van der Waals surface area contributed by atoms with Crippen molar-refractivity contribution in [3.63, 3.8) is 0 Å². The molecule has 0 amide bonds. The van der Waals surface area contributed by atoms with Gasteiger partial charge in [-0.05, 0) is 49.1 Å². The number of hydrogen-bond acceptors (Lipinski definition) is 3. The summed E-state index contributed by atoms with van der Waals surface area (Å²) in [6.07, 6.45) is 1.01. The molecule has 5 heteroatoms. The number of nitrogens with zero attached hydrogens (tertiary/aromatic N) is 2. The van der Waals surface area contributed by atoms with Crippen LogP contribution in [0.4, 0.5) is 15.8 Å². The standard InChI is InChI=1S/C12H19BrFN3/c1-16(2)5-4-6-17(3)12-8-10(14)9(13)7-11(12)15/h7-8H,4-6,15H2,1-3H3. The molecule has 1 rings (SSSR count). The molecule has 2 N–H and O–H groups in total. The molecule has 17 heavy (non-hydrogen) atoms. The average molecular weight is 304 g/mol. The molecule has 0 aliphatic carbocycles. The highest BCUT2D eigenvalue weighted by Crippen LogP contribution is 2.28. The van der Waals surface area contributed by atoms with Crippen molar-refractivity contribution in [3.8, 4) is 0 Å². The largest absolute Gasteiger partial charge is 0.397 e. The number of nitrogen functional groups attached to an aromatic ring is 1. The zero-order valence-electron chi connectivity index (χ0n) is 10.5. The van der Waals surface area contributed by atoms with Crippen LogP contribution >= 0.6 is 15.9 Å². The Morgan fingerprint density at radius 3 is 2.47 bits per heavy atom. The molecule has 0 heterocycles. The van der Waals surface area contributed by atoms with E-state index in [1.807, 2.05) is 26.0 Å². The number of nitrogens with two attached hydrogens (primary N) is 1. The molecule has 0 aromatic heterocycles. The van der Waals surface area contributed by atoms with Gasteiger partial charge in [0.2, 0.25) is 0 Å². The van der Waals surface area contributed by atoms with E-state index in [0.29, 0.717) is 10.2 Å². The van der Waals surface area contributed by atoms with Gasteiger partial charge in [-0.25, -0.2) is 4.39 Å². The number of benzene rings is 1. The zero-order valence-corrected chi connectivity index (χ0v) is 12.1. The van der Waals surface area contributed by atoms with Crippen molar-refractivity contribution in [3.05, 3.63) is 22.4 Å². The monoisotopic (exact) mass is 303 g/mol. The molecule has 96 valence electrons. The molecule has 0 spiro atoms. The minimum Gasteiger partial charge on any atom is -0.397 e. The fourth-order valence-electron chi connectivity index (χ4n) is 1.63. The van der Waals surface area contributed by atoms with Gasteiger partial charge in [0.05, 0.1) is 15.8 Å². The highest BCUT2D eigenvalue weighted by molar-refractivity contribution is 9.10. The van der Waals surface area contributed by atoms with E-state index < -0.39 is 0 Å². The molecule has 1 aromatic rings. The van der Waals surface area contributed by atoms with Crippen LogP contribution in [0.3, 0.4) is 0 Å². The van der Waals surface area contributed by atoms with Crippen LogP contribution in [0.15, 0.2) is 16.6 Å². The van der Waals surface area contributed by atoms with Gasteiger partial charge in [0.15, 0.2) is 0 Å². The van der Waals surface area contributed by atoms with Crippen molar-refractivity contribution in [2.24, 2.45) is 0 Å². The van der Waals surface area contributed by atoms with Crippen LogP contribution in [-0.4, -0.2) is 39.1 Å². The first-order chi connectivity index (χ1) is 7.91. The number of hydrogen-bond donors (Lipinski definition) is 1. The van der Waals surface area contributed by atoms with Crippen molar-refractivity contribution in [1.82, 2.24) is 4.90 Å². The van der Waals surface area contributed by atoms with Crippen molar-refractivity contribution < 1.29 is 4.39 Å². The third-order valence-electron chi connectivity index (χ3n) is 2.58. The van der Waals surface area contributed by atoms with Crippen molar-refractivity contribution >= 4 is 27.3 Å². The zero-order chi connectivity index (χ0) is 13.0. The van der Waals surface area contributed by atoms with Gasteiger partial charge in [0.25, 0.3) is 0 Å². The van der Waals surface area contributed by atoms with Crippen LogP contribution in [0, 0.1) is 5.82 Å². The lowest BCUT2D eigenvalue weighted by atomic mass is 10.2. The lowest BCUT2D eigenvalue weighted by Gasteiger charge is -2.22. The molecule has 0 aliphatic rings. The maximum atomic E-state index is 13.4. The Bertz CT molecular complexity index is 382. The van der Waals surface area contributed by atoms with Crippen LogP contribution in [0.1, 0.15) is 6.42 Å². The van der Waals surface area contributed by atoms with Crippen LogP contribution in [0.2, 0.25) is 0 Å². The van der Waals surface area contributed by atoms with Gasteiger partial charge in [-0.3, -0.25) is 0 Å². The molecule has 0 radical (unpaired) electrons. The summed E-state index contributed by atoms with van der Waals surface area (Å²) in [6.45, 7) is 1.85. The van der Waals surface area contributed by atoms with Gasteiger partial charge in [-0.2, -0.15) is 0 Å². The first-order valence-electron chi connectivity index (χ1n) is 5.52. The summed E-state index contributed by atoms with van der Waals surface area (Å²) < 4.78 is 13.8. The van der Waals surface area contributed by atoms with Crippen LogP contribution in [0.25, 0.3) is 0 Å². The topological polar surface area (TPSA) is 32.5 Å². The molecule has 0 unspecified atom stereocenters. The molecule has 0 fully saturated rings. The SMILES string of the molecule is CN(C)CCCN(C)c1cc(F)c(Br)cc1N. The van der Waals surface area contributed by atoms with E-state index in [2.05, 4.69) is 20.8 Å². The maximum Gasteiger partial charge on any atom is 0.139 e. The van der Waals surface area contributed by atoms with Gasteiger partial charge >= 0.3 is 0 Å². The second kappa shape index (κ2) is 6.21. The van der Waals surface area contributed by atoms with Crippen LogP contribution in [0.5, 0.6) is 0 Å². The molecule has 0 aliphatic heterocycles.